The van der Waals surface area contributed by atoms with Crippen LogP contribution in [0.5, 0.6) is 0 Å². The van der Waals surface area contributed by atoms with E-state index in [2.05, 4.69) is 50.0 Å². The molecule has 0 atom stereocenters. The molecule has 16 heavy (non-hydrogen) atoms. The molecule has 1 heterocycles. The molecule has 94 valence electrons. The van der Waals surface area contributed by atoms with Gasteiger partial charge in [-0.05, 0) is 47.7 Å². The molecule has 4 heteroatoms. The van der Waals surface area contributed by atoms with Crippen molar-refractivity contribution in [3.05, 3.63) is 0 Å². The summed E-state index contributed by atoms with van der Waals surface area (Å²) in [4.78, 5) is 6.95. The normalized spacial score (nSPS) is 22.1. The average Bonchev–Trinajstić information content (AvgIpc) is 2.52. The summed E-state index contributed by atoms with van der Waals surface area (Å²) in [5.74, 6) is 1.12. The van der Waals surface area contributed by atoms with E-state index in [-0.39, 0.29) is 5.54 Å². The predicted molar refractivity (Wildman–Crippen MR) is 74.4 cm³/mol. The highest BCUT2D eigenvalue weighted by Crippen LogP contribution is 2.21. The first kappa shape index (κ1) is 13.8. The molecular formula is C12H25N3S. The van der Waals surface area contributed by atoms with Gasteiger partial charge in [0.25, 0.3) is 0 Å². The summed E-state index contributed by atoms with van der Waals surface area (Å²) in [6, 6.07) is 0.630. The molecule has 0 unspecified atom stereocenters. The van der Waals surface area contributed by atoms with Gasteiger partial charge in [-0.3, -0.25) is 4.99 Å². The molecule has 0 radical (unpaired) electrons. The van der Waals surface area contributed by atoms with E-state index in [1.807, 2.05) is 11.8 Å². The zero-order valence-corrected chi connectivity index (χ0v) is 12.0. The van der Waals surface area contributed by atoms with Gasteiger partial charge < -0.3 is 10.2 Å². The van der Waals surface area contributed by atoms with E-state index >= 15 is 0 Å². The van der Waals surface area contributed by atoms with Crippen molar-refractivity contribution in [1.29, 1.82) is 0 Å². The summed E-state index contributed by atoms with van der Waals surface area (Å²) < 4.78 is 0. The number of hydrogen-bond acceptors (Lipinski definition) is 3. The molecule has 1 aliphatic heterocycles. The molecule has 0 spiro atoms. The SMILES string of the molecule is CC(C)N(C)CCCN=C1NC(C)(C)CS1. The molecule has 0 amide bonds. The highest BCUT2D eigenvalue weighted by molar-refractivity contribution is 8.14. The van der Waals surface area contributed by atoms with Gasteiger partial charge in [0.05, 0.1) is 0 Å². The topological polar surface area (TPSA) is 27.6 Å². The third kappa shape index (κ3) is 4.74. The minimum atomic E-state index is 0.220. The van der Waals surface area contributed by atoms with Gasteiger partial charge in [-0.15, -0.1) is 0 Å². The summed E-state index contributed by atoms with van der Waals surface area (Å²) in [5.41, 5.74) is 0.220. The van der Waals surface area contributed by atoms with Crippen molar-refractivity contribution >= 4 is 16.9 Å². The minimum Gasteiger partial charge on any atom is -0.359 e. The molecule has 1 aliphatic rings. The molecule has 1 saturated heterocycles. The lowest BCUT2D eigenvalue weighted by Crippen LogP contribution is -2.37. The lowest BCUT2D eigenvalue weighted by molar-refractivity contribution is 0.272. The first-order chi connectivity index (χ1) is 7.41. The van der Waals surface area contributed by atoms with Crippen LogP contribution in [-0.2, 0) is 0 Å². The van der Waals surface area contributed by atoms with Crippen molar-refractivity contribution < 1.29 is 0 Å². The number of nitrogens with one attached hydrogen (secondary N) is 1. The van der Waals surface area contributed by atoms with Gasteiger partial charge in [-0.1, -0.05) is 11.8 Å². The Labute approximate surface area is 104 Å². The van der Waals surface area contributed by atoms with Crippen LogP contribution in [0, 0.1) is 0 Å². The number of amidine groups is 1. The summed E-state index contributed by atoms with van der Waals surface area (Å²) in [6.07, 6.45) is 1.14. The Hall–Kier alpha value is -0.220. The fourth-order valence-electron chi connectivity index (χ4n) is 1.45. The van der Waals surface area contributed by atoms with Crippen molar-refractivity contribution in [1.82, 2.24) is 10.2 Å². The molecular weight excluding hydrogens is 218 g/mol. The van der Waals surface area contributed by atoms with Crippen LogP contribution in [0.2, 0.25) is 0 Å². The average molecular weight is 243 g/mol. The van der Waals surface area contributed by atoms with E-state index in [0.717, 1.165) is 30.4 Å². The molecule has 0 aromatic heterocycles. The van der Waals surface area contributed by atoms with E-state index < -0.39 is 0 Å². The van der Waals surface area contributed by atoms with Crippen LogP contribution in [0.3, 0.4) is 0 Å². The zero-order chi connectivity index (χ0) is 12.2. The predicted octanol–water partition coefficient (Wildman–Crippen LogP) is 2.19. The maximum atomic E-state index is 4.59. The van der Waals surface area contributed by atoms with E-state index in [1.165, 1.54) is 0 Å². The number of aliphatic imine (C=N–C) groups is 1. The molecule has 0 saturated carbocycles. The smallest absolute Gasteiger partial charge is 0.157 e. The van der Waals surface area contributed by atoms with Gasteiger partial charge in [-0.2, -0.15) is 0 Å². The van der Waals surface area contributed by atoms with Crippen LogP contribution in [-0.4, -0.2) is 47.5 Å². The second-order valence-corrected chi connectivity index (χ2v) is 6.38. The van der Waals surface area contributed by atoms with Crippen LogP contribution in [0.25, 0.3) is 0 Å². The molecule has 0 aromatic rings. The van der Waals surface area contributed by atoms with Crippen LogP contribution in [0.1, 0.15) is 34.1 Å². The van der Waals surface area contributed by atoms with Gasteiger partial charge in [0.2, 0.25) is 0 Å². The molecule has 1 N–H and O–H groups in total. The maximum Gasteiger partial charge on any atom is 0.157 e. The van der Waals surface area contributed by atoms with Crippen molar-refractivity contribution in [2.75, 3.05) is 25.9 Å². The van der Waals surface area contributed by atoms with E-state index in [1.54, 1.807) is 0 Å². The van der Waals surface area contributed by atoms with Crippen LogP contribution < -0.4 is 5.32 Å². The standard InChI is InChI=1S/C12H25N3S/c1-10(2)15(5)8-6-7-13-11-14-12(3,4)9-16-11/h10H,6-9H2,1-5H3,(H,13,14). The Morgan fingerprint density at radius 3 is 2.69 bits per heavy atom. The van der Waals surface area contributed by atoms with Crippen molar-refractivity contribution in [3.8, 4) is 0 Å². The van der Waals surface area contributed by atoms with Gasteiger partial charge in [0.1, 0.15) is 0 Å². The third-order valence-electron chi connectivity index (χ3n) is 2.82. The van der Waals surface area contributed by atoms with Crippen LogP contribution in [0.4, 0.5) is 0 Å². The number of rotatable bonds is 5. The molecule has 0 aliphatic carbocycles. The fraction of sp³-hybridized carbons (Fsp3) is 0.917. The first-order valence-corrected chi connectivity index (χ1v) is 7.05. The second kappa shape index (κ2) is 5.92. The Balaban J connectivity index is 2.18. The molecule has 3 nitrogen and oxygen atoms in total. The largest absolute Gasteiger partial charge is 0.359 e. The zero-order valence-electron chi connectivity index (χ0n) is 11.2. The second-order valence-electron chi connectivity index (χ2n) is 5.41. The Morgan fingerprint density at radius 1 is 1.50 bits per heavy atom. The number of thioether (sulfide) groups is 1. The highest BCUT2D eigenvalue weighted by atomic mass is 32.2. The monoisotopic (exact) mass is 243 g/mol. The minimum absolute atomic E-state index is 0.220. The maximum absolute atomic E-state index is 4.59. The van der Waals surface area contributed by atoms with Crippen molar-refractivity contribution in [2.45, 2.75) is 45.7 Å². The summed E-state index contributed by atoms with van der Waals surface area (Å²) in [6.45, 7) is 10.9. The van der Waals surface area contributed by atoms with Gasteiger partial charge >= 0.3 is 0 Å². The van der Waals surface area contributed by atoms with Gasteiger partial charge in [0, 0.05) is 23.9 Å². The fourth-order valence-corrected chi connectivity index (χ4v) is 2.56. The van der Waals surface area contributed by atoms with E-state index in [9.17, 15) is 0 Å². The lowest BCUT2D eigenvalue weighted by Gasteiger charge is -2.20. The first-order valence-electron chi connectivity index (χ1n) is 6.06. The Kier molecular flexibility index (Phi) is 5.12. The number of hydrogen-bond donors (Lipinski definition) is 1. The summed E-state index contributed by atoms with van der Waals surface area (Å²) in [5, 5.41) is 4.56. The van der Waals surface area contributed by atoms with Gasteiger partial charge in [-0.25, -0.2) is 0 Å². The Bertz CT molecular complexity index is 249. The summed E-state index contributed by atoms with van der Waals surface area (Å²) >= 11 is 1.84. The van der Waals surface area contributed by atoms with Crippen LogP contribution in [0.15, 0.2) is 4.99 Å². The molecule has 0 bridgehead atoms. The van der Waals surface area contributed by atoms with E-state index in [4.69, 9.17) is 0 Å². The lowest BCUT2D eigenvalue weighted by atomic mass is 10.1. The van der Waals surface area contributed by atoms with Crippen LogP contribution >= 0.6 is 11.8 Å². The van der Waals surface area contributed by atoms with Gasteiger partial charge in [0.15, 0.2) is 5.17 Å². The molecule has 0 aromatic carbocycles. The van der Waals surface area contributed by atoms with E-state index in [0.29, 0.717) is 6.04 Å². The molecule has 1 rings (SSSR count). The highest BCUT2D eigenvalue weighted by Gasteiger charge is 2.26. The van der Waals surface area contributed by atoms with Crippen molar-refractivity contribution in [2.24, 2.45) is 4.99 Å². The Morgan fingerprint density at radius 2 is 2.19 bits per heavy atom. The summed E-state index contributed by atoms with van der Waals surface area (Å²) in [7, 11) is 2.17. The number of nitrogens with zero attached hydrogens (tertiary/aromatic N) is 2. The quantitative estimate of drug-likeness (QED) is 0.750. The molecule has 1 fully saturated rings. The van der Waals surface area contributed by atoms with Crippen molar-refractivity contribution in [3.63, 3.8) is 0 Å². The third-order valence-corrected chi connectivity index (χ3v) is 4.19.